The van der Waals surface area contributed by atoms with Gasteiger partial charge in [0.2, 0.25) is 0 Å². The molecule has 0 aliphatic carbocycles. The van der Waals surface area contributed by atoms with Gasteiger partial charge < -0.3 is 4.74 Å². The molecule has 0 unspecified atom stereocenters. The Morgan fingerprint density at radius 2 is 1.54 bits per heavy atom. The molecule has 24 heavy (non-hydrogen) atoms. The predicted molar refractivity (Wildman–Crippen MR) is 79.1 cm³/mol. The Kier molecular flexibility index (Phi) is 4.83. The van der Waals surface area contributed by atoms with Crippen molar-refractivity contribution in [1.29, 1.82) is 0 Å². The van der Waals surface area contributed by atoms with E-state index >= 15 is 0 Å². The quantitative estimate of drug-likeness (QED) is 0.911. The highest BCUT2D eigenvalue weighted by molar-refractivity contribution is 7.90. The van der Waals surface area contributed by atoms with Crippen LogP contribution in [0.4, 0.5) is 13.2 Å². The van der Waals surface area contributed by atoms with Crippen molar-refractivity contribution < 1.29 is 31.1 Å². The van der Waals surface area contributed by atoms with Crippen molar-refractivity contribution >= 4 is 15.9 Å². The van der Waals surface area contributed by atoms with E-state index in [4.69, 9.17) is 4.74 Å². The van der Waals surface area contributed by atoms with Crippen LogP contribution < -0.4 is 9.46 Å². The van der Waals surface area contributed by atoms with E-state index < -0.39 is 27.7 Å². The van der Waals surface area contributed by atoms with E-state index in [9.17, 15) is 26.4 Å². The molecule has 0 saturated heterocycles. The van der Waals surface area contributed by atoms with Crippen LogP contribution in [-0.2, 0) is 16.2 Å². The monoisotopic (exact) mass is 359 g/mol. The number of sulfonamides is 1. The van der Waals surface area contributed by atoms with Crippen LogP contribution >= 0.6 is 0 Å². The number of nitrogens with one attached hydrogen (secondary N) is 1. The summed E-state index contributed by atoms with van der Waals surface area (Å²) in [5.74, 6) is -0.595. The first kappa shape index (κ1) is 17.8. The molecule has 2 aromatic rings. The van der Waals surface area contributed by atoms with Gasteiger partial charge in [-0.05, 0) is 48.5 Å². The Labute approximate surface area is 136 Å². The molecule has 128 valence electrons. The topological polar surface area (TPSA) is 72.5 Å². The van der Waals surface area contributed by atoms with E-state index in [1.54, 1.807) is 4.72 Å². The van der Waals surface area contributed by atoms with Crippen molar-refractivity contribution in [3.05, 3.63) is 59.7 Å². The van der Waals surface area contributed by atoms with Crippen LogP contribution in [0.3, 0.4) is 0 Å². The highest BCUT2D eigenvalue weighted by atomic mass is 32.2. The van der Waals surface area contributed by atoms with Crippen molar-refractivity contribution in [2.45, 2.75) is 11.1 Å². The number of halogens is 3. The summed E-state index contributed by atoms with van der Waals surface area (Å²) in [6, 6.07) is 8.49. The highest BCUT2D eigenvalue weighted by Gasteiger charge is 2.30. The Balaban J connectivity index is 2.18. The SMILES string of the molecule is COc1ccc(S(=O)(=O)NC(=O)c2ccc(C(F)(F)F)cc2)cc1. The molecule has 0 fully saturated rings. The summed E-state index contributed by atoms with van der Waals surface area (Å²) in [6.07, 6.45) is -4.54. The Morgan fingerprint density at radius 1 is 1.00 bits per heavy atom. The van der Waals surface area contributed by atoms with E-state index in [0.717, 1.165) is 12.1 Å². The second kappa shape index (κ2) is 6.52. The lowest BCUT2D eigenvalue weighted by Gasteiger charge is -2.09. The Bertz CT molecular complexity index is 829. The molecule has 1 amide bonds. The fourth-order valence-corrected chi connectivity index (χ4v) is 2.78. The fraction of sp³-hybridized carbons (Fsp3) is 0.133. The molecule has 0 heterocycles. The molecule has 0 bridgehead atoms. The van der Waals surface area contributed by atoms with Gasteiger partial charge in [0, 0.05) is 5.56 Å². The van der Waals surface area contributed by atoms with Crippen molar-refractivity contribution in [2.24, 2.45) is 0 Å². The molecule has 0 radical (unpaired) electrons. The molecular weight excluding hydrogens is 347 g/mol. The molecule has 0 aliphatic rings. The lowest BCUT2D eigenvalue weighted by molar-refractivity contribution is -0.137. The van der Waals surface area contributed by atoms with Crippen LogP contribution in [0.25, 0.3) is 0 Å². The molecule has 0 aliphatic heterocycles. The van der Waals surface area contributed by atoms with Gasteiger partial charge >= 0.3 is 6.18 Å². The number of amides is 1. The van der Waals surface area contributed by atoms with Gasteiger partial charge in [0.1, 0.15) is 5.75 Å². The maximum atomic E-state index is 12.5. The summed E-state index contributed by atoms with van der Waals surface area (Å²) >= 11 is 0. The molecular formula is C15H12F3NO4S. The van der Waals surface area contributed by atoms with E-state index in [-0.39, 0.29) is 10.5 Å². The van der Waals surface area contributed by atoms with Crippen LogP contribution in [0, 0.1) is 0 Å². The number of hydrogen-bond donors (Lipinski definition) is 1. The van der Waals surface area contributed by atoms with E-state index in [1.165, 1.54) is 31.4 Å². The molecule has 0 aromatic heterocycles. The summed E-state index contributed by atoms with van der Waals surface area (Å²) in [5, 5.41) is 0. The third kappa shape index (κ3) is 4.05. The predicted octanol–water partition coefficient (Wildman–Crippen LogP) is 2.83. The maximum Gasteiger partial charge on any atom is 0.416 e. The average Bonchev–Trinajstić information content (AvgIpc) is 2.54. The third-order valence-corrected chi connectivity index (χ3v) is 4.42. The first-order valence-corrected chi connectivity index (χ1v) is 8.00. The second-order valence-corrected chi connectivity index (χ2v) is 6.37. The number of carbonyl (C=O) groups is 1. The smallest absolute Gasteiger partial charge is 0.416 e. The Morgan fingerprint density at radius 3 is 2.00 bits per heavy atom. The lowest BCUT2D eigenvalue weighted by Crippen LogP contribution is -2.30. The van der Waals surface area contributed by atoms with E-state index in [0.29, 0.717) is 17.9 Å². The van der Waals surface area contributed by atoms with Crippen LogP contribution in [0.1, 0.15) is 15.9 Å². The zero-order chi connectivity index (χ0) is 18.0. The minimum Gasteiger partial charge on any atom is -0.497 e. The number of ether oxygens (including phenoxy) is 1. The van der Waals surface area contributed by atoms with Gasteiger partial charge in [-0.1, -0.05) is 0 Å². The van der Waals surface area contributed by atoms with Crippen LogP contribution in [0.15, 0.2) is 53.4 Å². The normalized spacial score (nSPS) is 11.8. The largest absolute Gasteiger partial charge is 0.497 e. The number of carbonyl (C=O) groups excluding carboxylic acids is 1. The second-order valence-electron chi connectivity index (χ2n) is 4.69. The highest BCUT2D eigenvalue weighted by Crippen LogP contribution is 2.29. The number of rotatable bonds is 4. The average molecular weight is 359 g/mol. The van der Waals surface area contributed by atoms with Crippen molar-refractivity contribution in [3.8, 4) is 5.75 Å². The molecule has 0 saturated carbocycles. The van der Waals surface area contributed by atoms with Crippen LogP contribution in [-0.4, -0.2) is 21.4 Å². The molecule has 9 heteroatoms. The van der Waals surface area contributed by atoms with Crippen LogP contribution in [0.5, 0.6) is 5.75 Å². The first-order valence-electron chi connectivity index (χ1n) is 6.52. The van der Waals surface area contributed by atoms with Gasteiger partial charge in [-0.2, -0.15) is 13.2 Å². The molecule has 5 nitrogen and oxygen atoms in total. The molecule has 0 spiro atoms. The molecule has 2 aromatic carbocycles. The minimum absolute atomic E-state index is 0.177. The first-order chi connectivity index (χ1) is 11.1. The number of alkyl halides is 3. The van der Waals surface area contributed by atoms with Gasteiger partial charge in [0.05, 0.1) is 17.6 Å². The summed E-state index contributed by atoms with van der Waals surface area (Å²) < 4.78 is 68.3. The lowest BCUT2D eigenvalue weighted by atomic mass is 10.1. The zero-order valence-corrected chi connectivity index (χ0v) is 13.1. The van der Waals surface area contributed by atoms with Gasteiger partial charge in [-0.15, -0.1) is 0 Å². The molecule has 2 rings (SSSR count). The van der Waals surface area contributed by atoms with Gasteiger partial charge in [0.15, 0.2) is 0 Å². The van der Waals surface area contributed by atoms with Crippen molar-refractivity contribution in [2.75, 3.05) is 7.11 Å². The maximum absolute atomic E-state index is 12.5. The van der Waals surface area contributed by atoms with E-state index in [1.807, 2.05) is 0 Å². The minimum atomic E-state index is -4.54. The molecule has 0 atom stereocenters. The van der Waals surface area contributed by atoms with Gasteiger partial charge in [0.25, 0.3) is 15.9 Å². The summed E-state index contributed by atoms with van der Waals surface area (Å²) in [4.78, 5) is 11.7. The number of hydrogen-bond acceptors (Lipinski definition) is 4. The van der Waals surface area contributed by atoms with E-state index in [2.05, 4.69) is 0 Å². The summed E-state index contributed by atoms with van der Waals surface area (Å²) in [5.41, 5.74) is -1.14. The van der Waals surface area contributed by atoms with Crippen molar-refractivity contribution in [3.63, 3.8) is 0 Å². The zero-order valence-electron chi connectivity index (χ0n) is 12.3. The number of benzene rings is 2. The van der Waals surface area contributed by atoms with Crippen molar-refractivity contribution in [1.82, 2.24) is 4.72 Å². The van der Waals surface area contributed by atoms with Gasteiger partial charge in [-0.25, -0.2) is 13.1 Å². The number of methoxy groups -OCH3 is 1. The third-order valence-electron chi connectivity index (χ3n) is 3.07. The van der Waals surface area contributed by atoms with Gasteiger partial charge in [-0.3, -0.25) is 4.79 Å². The summed E-state index contributed by atoms with van der Waals surface area (Å²) in [6.45, 7) is 0. The molecule has 1 N–H and O–H groups in total. The Hall–Kier alpha value is -2.55. The fourth-order valence-electron chi connectivity index (χ4n) is 1.81. The standard InChI is InChI=1S/C15H12F3NO4S/c1-23-12-6-8-13(9-7-12)24(21,22)19-14(20)10-2-4-11(5-3-10)15(16,17)18/h2-9H,1H3,(H,19,20). The summed E-state index contributed by atoms with van der Waals surface area (Å²) in [7, 11) is -2.74. The van der Waals surface area contributed by atoms with Crippen LogP contribution in [0.2, 0.25) is 0 Å².